The number of nitrogens with zero attached hydrogens (tertiary/aromatic N) is 1. The van der Waals surface area contributed by atoms with Gasteiger partial charge in [-0.25, -0.2) is 4.39 Å². The average molecular weight is 464 g/mol. The van der Waals surface area contributed by atoms with E-state index in [2.05, 4.69) is 5.32 Å². The van der Waals surface area contributed by atoms with Crippen LogP contribution in [0.2, 0.25) is 0 Å². The van der Waals surface area contributed by atoms with Crippen molar-refractivity contribution in [1.82, 2.24) is 5.32 Å². The minimum Gasteiger partial charge on any atom is -0.459 e. The third-order valence-electron chi connectivity index (χ3n) is 6.23. The highest BCUT2D eigenvalue weighted by Crippen LogP contribution is 2.39. The summed E-state index contributed by atoms with van der Waals surface area (Å²) in [6.07, 6.45) is 6.41. The lowest BCUT2D eigenvalue weighted by atomic mass is 9.94. The molecule has 7 nitrogen and oxygen atoms in total. The van der Waals surface area contributed by atoms with E-state index in [9.17, 15) is 14.0 Å². The lowest BCUT2D eigenvalue weighted by Gasteiger charge is -2.33. The minimum absolute atomic E-state index is 0.0292. The van der Waals surface area contributed by atoms with Crippen LogP contribution in [0.5, 0.6) is 11.5 Å². The maximum atomic E-state index is 13.8. The maximum absolute atomic E-state index is 13.8. The van der Waals surface area contributed by atoms with Gasteiger partial charge in [0.15, 0.2) is 17.3 Å². The summed E-state index contributed by atoms with van der Waals surface area (Å²) in [5, 5.41) is 3.12. The fourth-order valence-electron chi connectivity index (χ4n) is 4.53. The van der Waals surface area contributed by atoms with Crippen molar-refractivity contribution in [2.45, 2.75) is 44.2 Å². The first-order valence-corrected chi connectivity index (χ1v) is 11.4. The number of benzene rings is 2. The SMILES string of the molecule is O=C(NC1CCCCC1)[C@@H](c1ccc(F)cc1)N(C(=O)c1ccco1)c1ccc2c(c1)OCO2. The van der Waals surface area contributed by atoms with Gasteiger partial charge in [0.1, 0.15) is 11.9 Å². The average Bonchev–Trinajstić information content (AvgIpc) is 3.55. The van der Waals surface area contributed by atoms with Gasteiger partial charge in [-0.1, -0.05) is 31.4 Å². The van der Waals surface area contributed by atoms with Gasteiger partial charge in [-0.3, -0.25) is 14.5 Å². The second kappa shape index (κ2) is 9.59. The minimum atomic E-state index is -1.06. The summed E-state index contributed by atoms with van der Waals surface area (Å²) in [5.74, 6) is -0.162. The van der Waals surface area contributed by atoms with Gasteiger partial charge in [-0.2, -0.15) is 0 Å². The van der Waals surface area contributed by atoms with Gasteiger partial charge in [0.05, 0.1) is 6.26 Å². The number of nitrogens with one attached hydrogen (secondary N) is 1. The van der Waals surface area contributed by atoms with Crippen LogP contribution in [-0.2, 0) is 4.79 Å². The highest BCUT2D eigenvalue weighted by Gasteiger charge is 2.36. The number of carbonyl (C=O) groups excluding carboxylic acids is 2. The van der Waals surface area contributed by atoms with Crippen LogP contribution in [0.3, 0.4) is 0 Å². The molecule has 1 aliphatic heterocycles. The van der Waals surface area contributed by atoms with E-state index in [4.69, 9.17) is 13.9 Å². The second-order valence-electron chi connectivity index (χ2n) is 8.49. The highest BCUT2D eigenvalue weighted by atomic mass is 19.1. The molecule has 34 heavy (non-hydrogen) atoms. The summed E-state index contributed by atoms with van der Waals surface area (Å²) in [4.78, 5) is 28.8. The quantitative estimate of drug-likeness (QED) is 0.556. The fraction of sp³-hybridized carbons (Fsp3) is 0.308. The molecule has 0 spiro atoms. The molecule has 0 radical (unpaired) electrons. The maximum Gasteiger partial charge on any atom is 0.294 e. The Morgan fingerprint density at radius 1 is 0.971 bits per heavy atom. The molecular formula is C26H25FN2O5. The van der Waals surface area contributed by atoms with Gasteiger partial charge in [0.2, 0.25) is 12.7 Å². The molecule has 1 saturated carbocycles. The molecule has 0 saturated heterocycles. The van der Waals surface area contributed by atoms with Gasteiger partial charge in [-0.15, -0.1) is 0 Å². The van der Waals surface area contributed by atoms with Crippen molar-refractivity contribution in [2.75, 3.05) is 11.7 Å². The predicted molar refractivity (Wildman–Crippen MR) is 122 cm³/mol. The Labute approximate surface area is 196 Å². The van der Waals surface area contributed by atoms with Crippen molar-refractivity contribution in [3.8, 4) is 11.5 Å². The Kier molecular flexibility index (Phi) is 6.20. The molecule has 2 aliphatic rings. The number of hydrogen-bond acceptors (Lipinski definition) is 5. The number of anilines is 1. The van der Waals surface area contributed by atoms with Crippen LogP contribution >= 0.6 is 0 Å². The Morgan fingerprint density at radius 3 is 2.47 bits per heavy atom. The molecular weight excluding hydrogens is 439 g/mol. The molecule has 1 aliphatic carbocycles. The molecule has 3 aromatic rings. The van der Waals surface area contributed by atoms with Crippen molar-refractivity contribution < 1.29 is 27.9 Å². The molecule has 2 aromatic carbocycles. The van der Waals surface area contributed by atoms with E-state index in [0.717, 1.165) is 32.1 Å². The summed E-state index contributed by atoms with van der Waals surface area (Å²) in [7, 11) is 0. The van der Waals surface area contributed by atoms with Crippen LogP contribution in [0.25, 0.3) is 0 Å². The predicted octanol–water partition coefficient (Wildman–Crippen LogP) is 4.98. The van der Waals surface area contributed by atoms with Crippen LogP contribution in [0.1, 0.15) is 54.3 Å². The lowest BCUT2D eigenvalue weighted by molar-refractivity contribution is -0.123. The number of halogens is 1. The molecule has 1 fully saturated rings. The molecule has 8 heteroatoms. The zero-order chi connectivity index (χ0) is 23.5. The normalized spacial score (nSPS) is 16.1. The van der Waals surface area contributed by atoms with Crippen LogP contribution in [-0.4, -0.2) is 24.6 Å². The van der Waals surface area contributed by atoms with Crippen molar-refractivity contribution in [1.29, 1.82) is 0 Å². The van der Waals surface area contributed by atoms with E-state index in [1.807, 2.05) is 0 Å². The highest BCUT2D eigenvalue weighted by molar-refractivity contribution is 6.08. The topological polar surface area (TPSA) is 81.0 Å². The first-order chi connectivity index (χ1) is 16.6. The van der Waals surface area contributed by atoms with Crippen molar-refractivity contribution >= 4 is 17.5 Å². The molecule has 1 aromatic heterocycles. The standard InChI is InChI=1S/C26H25FN2O5/c27-18-10-8-17(9-11-18)24(25(30)28-19-5-2-1-3-6-19)29(26(31)22-7-4-14-32-22)20-12-13-21-23(15-20)34-16-33-21/h4,7-15,19,24H,1-3,5-6,16H2,(H,28,30)/t24-/m1/s1. The van der Waals surface area contributed by atoms with E-state index in [-0.39, 0.29) is 24.5 Å². The van der Waals surface area contributed by atoms with Gasteiger partial charge in [0, 0.05) is 17.8 Å². The third-order valence-corrected chi connectivity index (χ3v) is 6.23. The van der Waals surface area contributed by atoms with E-state index in [1.165, 1.54) is 35.4 Å². The zero-order valence-electron chi connectivity index (χ0n) is 18.5. The first kappa shape index (κ1) is 22.0. The number of carbonyl (C=O) groups is 2. The van der Waals surface area contributed by atoms with Gasteiger partial charge >= 0.3 is 0 Å². The van der Waals surface area contributed by atoms with Crippen LogP contribution in [0, 0.1) is 5.82 Å². The molecule has 0 bridgehead atoms. The van der Waals surface area contributed by atoms with Gasteiger partial charge in [-0.05, 0) is 54.8 Å². The third kappa shape index (κ3) is 4.48. The first-order valence-electron chi connectivity index (χ1n) is 11.4. The Balaban J connectivity index is 1.58. The monoisotopic (exact) mass is 464 g/mol. The van der Waals surface area contributed by atoms with Crippen molar-refractivity contribution in [3.63, 3.8) is 0 Å². The summed E-state index contributed by atoms with van der Waals surface area (Å²) in [5.41, 5.74) is 0.908. The summed E-state index contributed by atoms with van der Waals surface area (Å²) in [6, 6.07) is 12.8. The van der Waals surface area contributed by atoms with Crippen LogP contribution in [0.4, 0.5) is 10.1 Å². The molecule has 1 N–H and O–H groups in total. The van der Waals surface area contributed by atoms with E-state index in [1.54, 1.807) is 30.3 Å². The second-order valence-corrected chi connectivity index (χ2v) is 8.49. The Bertz CT molecular complexity index is 1160. The number of ether oxygens (including phenoxy) is 2. The molecule has 0 unspecified atom stereocenters. The number of rotatable bonds is 6. The molecule has 1 atom stereocenters. The van der Waals surface area contributed by atoms with E-state index < -0.39 is 17.8 Å². The fourth-order valence-corrected chi connectivity index (χ4v) is 4.53. The summed E-state index contributed by atoms with van der Waals surface area (Å²) >= 11 is 0. The molecule has 5 rings (SSSR count). The number of fused-ring (bicyclic) bond motifs is 1. The van der Waals surface area contributed by atoms with Gasteiger partial charge in [0.25, 0.3) is 5.91 Å². The van der Waals surface area contributed by atoms with Gasteiger partial charge < -0.3 is 19.2 Å². The smallest absolute Gasteiger partial charge is 0.294 e. The summed E-state index contributed by atoms with van der Waals surface area (Å²) in [6.45, 7) is 0.0779. The lowest BCUT2D eigenvalue weighted by Crippen LogP contribution is -2.47. The molecule has 2 heterocycles. The van der Waals surface area contributed by atoms with E-state index >= 15 is 0 Å². The van der Waals surface area contributed by atoms with Crippen LogP contribution < -0.4 is 19.7 Å². The molecule has 2 amide bonds. The van der Waals surface area contributed by atoms with Crippen molar-refractivity contribution in [2.24, 2.45) is 0 Å². The number of amides is 2. The Morgan fingerprint density at radius 2 is 1.74 bits per heavy atom. The number of furan rings is 1. The zero-order valence-corrected chi connectivity index (χ0v) is 18.5. The van der Waals surface area contributed by atoms with Crippen LogP contribution in [0.15, 0.2) is 65.3 Å². The van der Waals surface area contributed by atoms with Crippen molar-refractivity contribution in [3.05, 3.63) is 78.0 Å². The summed E-state index contributed by atoms with van der Waals surface area (Å²) < 4.78 is 30.1. The number of hydrogen-bond donors (Lipinski definition) is 1. The molecule has 176 valence electrons. The van der Waals surface area contributed by atoms with E-state index in [0.29, 0.717) is 22.7 Å². The Hall–Kier alpha value is -3.81. The largest absolute Gasteiger partial charge is 0.459 e.